The van der Waals surface area contributed by atoms with Gasteiger partial charge < -0.3 is 19.9 Å². The average Bonchev–Trinajstić information content (AvgIpc) is 2.62. The predicted molar refractivity (Wildman–Crippen MR) is 39.3 cm³/mol. The molecule has 0 bridgehead atoms. The minimum atomic E-state index is -1.09. The van der Waals surface area contributed by atoms with Gasteiger partial charge in [0.1, 0.15) is 18.2 Å². The highest BCUT2D eigenvalue weighted by molar-refractivity contribution is 4.86. The van der Waals surface area contributed by atoms with Gasteiger partial charge in [-0.3, -0.25) is 0 Å². The fraction of sp³-hybridized carbons (Fsp3) is 0.667. The lowest BCUT2D eigenvalue weighted by molar-refractivity contribution is 0.0150. The molecule has 0 unspecified atom stereocenters. The Morgan fingerprint density at radius 1 is 1.00 bits per heavy atom. The zero-order valence-corrected chi connectivity index (χ0v) is 6.46. The van der Waals surface area contributed by atoms with Crippen LogP contribution in [0.5, 0.6) is 0 Å². The van der Waals surface area contributed by atoms with Crippen LogP contribution in [-0.4, -0.2) is 49.9 Å². The van der Waals surface area contributed by atoms with Crippen molar-refractivity contribution >= 4 is 0 Å². The summed E-state index contributed by atoms with van der Waals surface area (Å²) in [4.78, 5) is 0. The van der Waals surface area contributed by atoms with Gasteiger partial charge in [-0.05, 0) is 0 Å². The van der Waals surface area contributed by atoms with E-state index < -0.39 is 5.54 Å². The maximum Gasteiger partial charge on any atom is 0.120 e. The van der Waals surface area contributed by atoms with Crippen LogP contribution in [0, 0.1) is 0 Å². The molecule has 0 aliphatic rings. The Labute approximate surface area is 69.1 Å². The highest BCUT2D eigenvalue weighted by Crippen LogP contribution is 2.12. The third-order valence-electron chi connectivity index (χ3n) is 1.85. The second-order valence-electron chi connectivity index (χ2n) is 2.57. The SMILES string of the molecule is OCC(CO)(CO)n1cnnc1. The number of aliphatic hydroxyl groups excluding tert-OH is 3. The molecule has 1 aromatic rings. The number of aromatic nitrogens is 3. The van der Waals surface area contributed by atoms with Gasteiger partial charge in [-0.15, -0.1) is 10.2 Å². The lowest BCUT2D eigenvalue weighted by atomic mass is 10.0. The van der Waals surface area contributed by atoms with Crippen LogP contribution in [0.15, 0.2) is 12.7 Å². The predicted octanol–water partition coefficient (Wildman–Crippen LogP) is -2.05. The van der Waals surface area contributed by atoms with Crippen LogP contribution >= 0.6 is 0 Å². The standard InChI is InChI=1S/C6H11N3O3/c10-1-6(2-11,3-12)9-4-7-8-5-9/h4-5,10-12H,1-3H2. The second kappa shape index (κ2) is 3.61. The van der Waals surface area contributed by atoms with Crippen LogP contribution in [0.3, 0.4) is 0 Å². The Hall–Kier alpha value is -0.980. The molecule has 0 fully saturated rings. The van der Waals surface area contributed by atoms with E-state index in [4.69, 9.17) is 15.3 Å². The number of rotatable bonds is 4. The van der Waals surface area contributed by atoms with Crippen molar-refractivity contribution in [1.82, 2.24) is 14.8 Å². The van der Waals surface area contributed by atoms with E-state index in [9.17, 15) is 0 Å². The molecule has 0 radical (unpaired) electrons. The van der Waals surface area contributed by atoms with Gasteiger partial charge in [-0.2, -0.15) is 0 Å². The molecule has 0 atom stereocenters. The van der Waals surface area contributed by atoms with Crippen molar-refractivity contribution in [2.24, 2.45) is 0 Å². The summed E-state index contributed by atoms with van der Waals surface area (Å²) >= 11 is 0. The quantitative estimate of drug-likeness (QED) is 0.487. The first-order chi connectivity index (χ1) is 5.79. The number of hydrogen-bond donors (Lipinski definition) is 3. The van der Waals surface area contributed by atoms with E-state index in [2.05, 4.69) is 10.2 Å². The normalized spacial score (nSPS) is 11.9. The molecule has 1 heterocycles. The highest BCUT2D eigenvalue weighted by atomic mass is 16.3. The third-order valence-corrected chi connectivity index (χ3v) is 1.85. The van der Waals surface area contributed by atoms with Crippen molar-refractivity contribution in [2.45, 2.75) is 5.54 Å². The van der Waals surface area contributed by atoms with E-state index in [-0.39, 0.29) is 19.8 Å². The molecule has 0 spiro atoms. The lowest BCUT2D eigenvalue weighted by Crippen LogP contribution is -2.44. The van der Waals surface area contributed by atoms with E-state index in [0.29, 0.717) is 0 Å². The highest BCUT2D eigenvalue weighted by Gasteiger charge is 2.29. The summed E-state index contributed by atoms with van der Waals surface area (Å²) in [6, 6.07) is 0. The smallest absolute Gasteiger partial charge is 0.120 e. The molecular weight excluding hydrogens is 162 g/mol. The van der Waals surface area contributed by atoms with Crippen LogP contribution in [0.2, 0.25) is 0 Å². The molecule has 68 valence electrons. The molecule has 1 aromatic heterocycles. The molecule has 6 heteroatoms. The molecule has 0 aliphatic heterocycles. The number of hydrogen-bond acceptors (Lipinski definition) is 5. The van der Waals surface area contributed by atoms with Gasteiger partial charge in [0.25, 0.3) is 0 Å². The van der Waals surface area contributed by atoms with Crippen molar-refractivity contribution < 1.29 is 15.3 Å². The maximum absolute atomic E-state index is 8.95. The van der Waals surface area contributed by atoms with Gasteiger partial charge in [0, 0.05) is 0 Å². The third kappa shape index (κ3) is 1.31. The van der Waals surface area contributed by atoms with Crippen LogP contribution in [0.25, 0.3) is 0 Å². The molecular formula is C6H11N3O3. The van der Waals surface area contributed by atoms with Crippen molar-refractivity contribution in [3.63, 3.8) is 0 Å². The van der Waals surface area contributed by atoms with E-state index >= 15 is 0 Å². The molecule has 1 rings (SSSR count). The molecule has 0 aliphatic carbocycles. The van der Waals surface area contributed by atoms with Crippen molar-refractivity contribution in [3.8, 4) is 0 Å². The van der Waals surface area contributed by atoms with Gasteiger partial charge in [0.2, 0.25) is 0 Å². The summed E-state index contributed by atoms with van der Waals surface area (Å²) in [5.41, 5.74) is -1.09. The summed E-state index contributed by atoms with van der Waals surface area (Å²) in [6.07, 6.45) is 2.67. The Morgan fingerprint density at radius 3 is 1.75 bits per heavy atom. The maximum atomic E-state index is 8.95. The molecule has 12 heavy (non-hydrogen) atoms. The second-order valence-corrected chi connectivity index (χ2v) is 2.57. The number of nitrogens with zero attached hydrogens (tertiary/aromatic N) is 3. The molecule has 6 nitrogen and oxygen atoms in total. The van der Waals surface area contributed by atoms with E-state index in [1.807, 2.05) is 0 Å². The lowest BCUT2D eigenvalue weighted by Gasteiger charge is -2.27. The van der Waals surface area contributed by atoms with Crippen LogP contribution in [0.1, 0.15) is 0 Å². The first-order valence-corrected chi connectivity index (χ1v) is 3.47. The Bertz CT molecular complexity index is 212. The van der Waals surface area contributed by atoms with Gasteiger partial charge in [0.15, 0.2) is 0 Å². The zero-order chi connectivity index (χ0) is 9.03. The van der Waals surface area contributed by atoms with Crippen LogP contribution in [0.4, 0.5) is 0 Å². The monoisotopic (exact) mass is 173 g/mol. The topological polar surface area (TPSA) is 91.4 Å². The summed E-state index contributed by atoms with van der Waals surface area (Å²) in [7, 11) is 0. The van der Waals surface area contributed by atoms with Gasteiger partial charge >= 0.3 is 0 Å². The fourth-order valence-corrected chi connectivity index (χ4v) is 0.841. The average molecular weight is 173 g/mol. The van der Waals surface area contributed by atoms with Crippen molar-refractivity contribution in [1.29, 1.82) is 0 Å². The van der Waals surface area contributed by atoms with Crippen LogP contribution in [-0.2, 0) is 5.54 Å². The van der Waals surface area contributed by atoms with E-state index in [1.54, 1.807) is 0 Å². The summed E-state index contributed by atoms with van der Waals surface area (Å²) < 4.78 is 1.38. The fourth-order valence-electron chi connectivity index (χ4n) is 0.841. The first-order valence-electron chi connectivity index (χ1n) is 3.47. The summed E-state index contributed by atoms with van der Waals surface area (Å²) in [5, 5.41) is 33.9. The number of aliphatic hydroxyl groups is 3. The minimum Gasteiger partial charge on any atom is -0.394 e. The summed E-state index contributed by atoms with van der Waals surface area (Å²) in [6.45, 7) is -1.09. The molecule has 3 N–H and O–H groups in total. The zero-order valence-electron chi connectivity index (χ0n) is 6.46. The molecule has 0 aromatic carbocycles. The van der Waals surface area contributed by atoms with Gasteiger partial charge in [0.05, 0.1) is 19.8 Å². The summed E-state index contributed by atoms with van der Waals surface area (Å²) in [5.74, 6) is 0. The molecule has 0 saturated heterocycles. The van der Waals surface area contributed by atoms with Crippen molar-refractivity contribution in [2.75, 3.05) is 19.8 Å². The Morgan fingerprint density at radius 2 is 1.42 bits per heavy atom. The van der Waals surface area contributed by atoms with E-state index in [0.717, 1.165) is 0 Å². The Balaban J connectivity index is 2.93. The Kier molecular flexibility index (Phi) is 2.74. The van der Waals surface area contributed by atoms with Crippen molar-refractivity contribution in [3.05, 3.63) is 12.7 Å². The van der Waals surface area contributed by atoms with Crippen LogP contribution < -0.4 is 0 Å². The largest absolute Gasteiger partial charge is 0.394 e. The molecule has 0 saturated carbocycles. The molecule has 0 amide bonds. The van der Waals surface area contributed by atoms with Gasteiger partial charge in [-0.25, -0.2) is 0 Å². The first kappa shape index (κ1) is 9.11. The minimum absolute atomic E-state index is 0.363. The van der Waals surface area contributed by atoms with E-state index in [1.165, 1.54) is 17.2 Å². The van der Waals surface area contributed by atoms with Gasteiger partial charge in [-0.1, -0.05) is 0 Å².